The van der Waals surface area contributed by atoms with Crippen molar-refractivity contribution in [3.8, 4) is 6.07 Å². The molecule has 2 aromatic carbocycles. The van der Waals surface area contributed by atoms with Gasteiger partial charge in [0.1, 0.15) is 6.04 Å². The second-order valence-electron chi connectivity index (χ2n) is 8.19. The lowest BCUT2D eigenvalue weighted by molar-refractivity contribution is -0.138. The fourth-order valence-corrected chi connectivity index (χ4v) is 3.68. The Balaban J connectivity index is 2.78. The lowest BCUT2D eigenvalue weighted by atomic mass is 9.94. The van der Waals surface area contributed by atoms with Gasteiger partial charge in [-0.1, -0.05) is 38.5 Å². The molecule has 184 valence electrons. The van der Waals surface area contributed by atoms with Gasteiger partial charge in [-0.3, -0.25) is 4.79 Å². The van der Waals surface area contributed by atoms with Crippen molar-refractivity contribution in [1.82, 2.24) is 4.90 Å². The van der Waals surface area contributed by atoms with Crippen LogP contribution in [-0.2, 0) is 23.7 Å². The Hall–Kier alpha value is -3.22. The highest BCUT2D eigenvalue weighted by Gasteiger charge is 2.38. The molecule has 0 aliphatic carbocycles. The molecule has 1 amide bonds. The van der Waals surface area contributed by atoms with E-state index < -0.39 is 53.5 Å². The molecule has 0 fully saturated rings. The number of benzene rings is 2. The minimum atomic E-state index is -4.87. The Morgan fingerprint density at radius 3 is 2.09 bits per heavy atom. The number of anilines is 1. The van der Waals surface area contributed by atoms with Gasteiger partial charge in [-0.2, -0.15) is 31.6 Å². The molecular formula is C24H25F6N3O. The number of nitriles is 1. The summed E-state index contributed by atoms with van der Waals surface area (Å²) in [6.07, 6.45) is -9.11. The van der Waals surface area contributed by atoms with Gasteiger partial charge >= 0.3 is 12.4 Å². The summed E-state index contributed by atoms with van der Waals surface area (Å²) in [4.78, 5) is 15.6. The zero-order valence-corrected chi connectivity index (χ0v) is 19.1. The van der Waals surface area contributed by atoms with E-state index in [0.717, 1.165) is 12.1 Å². The predicted octanol–water partition coefficient (Wildman–Crippen LogP) is 6.11. The summed E-state index contributed by atoms with van der Waals surface area (Å²) in [5.74, 6) is -0.866. The molecule has 0 aliphatic rings. The Kier molecular flexibility index (Phi) is 8.24. The number of carbonyl (C=O) groups is 1. The topological polar surface area (TPSA) is 47.3 Å². The van der Waals surface area contributed by atoms with Crippen LogP contribution in [0.4, 0.5) is 32.0 Å². The van der Waals surface area contributed by atoms with Crippen LogP contribution in [0.15, 0.2) is 42.5 Å². The van der Waals surface area contributed by atoms with E-state index in [0.29, 0.717) is 12.5 Å². The molecule has 0 saturated heterocycles. The van der Waals surface area contributed by atoms with E-state index in [2.05, 4.69) is 0 Å². The van der Waals surface area contributed by atoms with Gasteiger partial charge in [0.2, 0.25) is 5.91 Å². The highest BCUT2D eigenvalue weighted by molar-refractivity contribution is 5.85. The normalized spacial score (nSPS) is 13.7. The predicted molar refractivity (Wildman–Crippen MR) is 116 cm³/mol. The van der Waals surface area contributed by atoms with E-state index in [1.165, 1.54) is 54.2 Å². The molecule has 2 aromatic rings. The molecule has 0 bridgehead atoms. The third kappa shape index (κ3) is 6.01. The van der Waals surface area contributed by atoms with Gasteiger partial charge in [-0.25, -0.2) is 0 Å². The minimum Gasteiger partial charge on any atom is -0.355 e. The van der Waals surface area contributed by atoms with Crippen LogP contribution in [0.2, 0.25) is 0 Å². The molecule has 10 heteroatoms. The highest BCUT2D eigenvalue weighted by Crippen LogP contribution is 2.38. The first kappa shape index (κ1) is 27.0. The first-order valence-corrected chi connectivity index (χ1v) is 10.5. The summed E-state index contributed by atoms with van der Waals surface area (Å²) in [5.41, 5.74) is -3.07. The summed E-state index contributed by atoms with van der Waals surface area (Å²) >= 11 is 0. The number of likely N-dealkylation sites (N-methyl/N-ethyl adjacent to an activating group) is 1. The molecule has 34 heavy (non-hydrogen) atoms. The van der Waals surface area contributed by atoms with Crippen molar-refractivity contribution in [2.75, 3.05) is 19.0 Å². The molecule has 0 radical (unpaired) electrons. The lowest BCUT2D eigenvalue weighted by Gasteiger charge is -2.38. The monoisotopic (exact) mass is 485 g/mol. The van der Waals surface area contributed by atoms with Gasteiger partial charge in [-0.15, -0.1) is 0 Å². The van der Waals surface area contributed by atoms with Gasteiger partial charge in [0.05, 0.1) is 22.8 Å². The zero-order chi connectivity index (χ0) is 25.8. The maximum absolute atomic E-state index is 13.7. The van der Waals surface area contributed by atoms with E-state index in [1.807, 2.05) is 0 Å². The van der Waals surface area contributed by atoms with Crippen LogP contribution in [-0.4, -0.2) is 30.9 Å². The van der Waals surface area contributed by atoms with Gasteiger partial charge in [0.25, 0.3) is 0 Å². The summed E-state index contributed by atoms with van der Waals surface area (Å²) in [6.45, 7) is 3.03. The first-order valence-electron chi connectivity index (χ1n) is 10.5. The Labute approximate surface area is 194 Å². The van der Waals surface area contributed by atoms with Crippen molar-refractivity contribution in [2.24, 2.45) is 5.92 Å². The summed E-state index contributed by atoms with van der Waals surface area (Å²) in [5, 5.41) is 9.12. The van der Waals surface area contributed by atoms with Crippen LogP contribution in [0.1, 0.15) is 42.5 Å². The van der Waals surface area contributed by atoms with Crippen molar-refractivity contribution in [3.63, 3.8) is 0 Å². The third-order valence-electron chi connectivity index (χ3n) is 5.64. The van der Waals surface area contributed by atoms with E-state index in [4.69, 9.17) is 5.26 Å². The molecule has 2 atom stereocenters. The highest BCUT2D eigenvalue weighted by atomic mass is 19.4. The van der Waals surface area contributed by atoms with Crippen LogP contribution in [0.5, 0.6) is 0 Å². The molecule has 4 nitrogen and oxygen atoms in total. The molecule has 1 unspecified atom stereocenters. The van der Waals surface area contributed by atoms with Crippen LogP contribution < -0.4 is 4.90 Å². The van der Waals surface area contributed by atoms with Crippen molar-refractivity contribution in [3.05, 3.63) is 64.7 Å². The summed E-state index contributed by atoms with van der Waals surface area (Å²) in [7, 11) is 2.94. The van der Waals surface area contributed by atoms with Gasteiger partial charge < -0.3 is 9.80 Å². The van der Waals surface area contributed by atoms with E-state index in [-0.39, 0.29) is 11.3 Å². The third-order valence-corrected chi connectivity index (χ3v) is 5.64. The molecule has 2 rings (SSSR count). The number of hydrogen-bond acceptors (Lipinski definition) is 3. The number of hydrogen-bond donors (Lipinski definition) is 0. The Morgan fingerprint density at radius 2 is 1.59 bits per heavy atom. The van der Waals surface area contributed by atoms with Crippen LogP contribution in [0, 0.1) is 17.2 Å². The van der Waals surface area contributed by atoms with E-state index in [1.54, 1.807) is 13.8 Å². The molecule has 0 aromatic heterocycles. The maximum Gasteiger partial charge on any atom is 0.417 e. The standard InChI is InChI=1S/C24H25F6N3O/c1-5-15(2)21(22(34)32(3)4)33(14-17-8-6-7-9-19(17)23(25,26)27)18-11-10-16(13-31)20(12-18)24(28,29)30/h6-12,15,21H,5,14H2,1-4H3/t15?,21-/m0/s1. The number of rotatable bonds is 7. The average Bonchev–Trinajstić information content (AvgIpc) is 2.76. The Morgan fingerprint density at radius 1 is 1.00 bits per heavy atom. The van der Waals surface area contributed by atoms with Crippen LogP contribution in [0.3, 0.4) is 0 Å². The van der Waals surface area contributed by atoms with Crippen molar-refractivity contribution in [1.29, 1.82) is 5.26 Å². The summed E-state index contributed by atoms with van der Waals surface area (Å²) in [6, 6.07) is 8.09. The van der Waals surface area contributed by atoms with Crippen LogP contribution in [0.25, 0.3) is 0 Å². The average molecular weight is 485 g/mol. The zero-order valence-electron chi connectivity index (χ0n) is 19.1. The fraction of sp³-hybridized carbons (Fsp3) is 0.417. The van der Waals surface area contributed by atoms with Gasteiger partial charge in [0, 0.05) is 26.3 Å². The number of nitrogens with zero attached hydrogens (tertiary/aromatic N) is 3. The van der Waals surface area contributed by atoms with E-state index in [9.17, 15) is 31.1 Å². The number of alkyl halides is 6. The Bertz CT molecular complexity index is 1060. The minimum absolute atomic E-state index is 0.108. The molecule has 0 aliphatic heterocycles. The SMILES string of the molecule is CCC(C)[C@@H](C(=O)N(C)C)N(Cc1ccccc1C(F)(F)F)c1ccc(C#N)c(C(F)(F)F)c1. The maximum atomic E-state index is 13.7. The number of amides is 1. The fourth-order valence-electron chi connectivity index (χ4n) is 3.68. The van der Waals surface area contributed by atoms with Gasteiger partial charge in [0.15, 0.2) is 0 Å². The molecule has 0 heterocycles. The van der Waals surface area contributed by atoms with Crippen molar-refractivity contribution < 1.29 is 31.1 Å². The smallest absolute Gasteiger partial charge is 0.355 e. The largest absolute Gasteiger partial charge is 0.417 e. The summed E-state index contributed by atoms with van der Waals surface area (Å²) < 4.78 is 81.9. The second-order valence-corrected chi connectivity index (χ2v) is 8.19. The van der Waals surface area contributed by atoms with E-state index >= 15 is 0 Å². The molecule has 0 saturated carbocycles. The van der Waals surface area contributed by atoms with Crippen molar-refractivity contribution in [2.45, 2.75) is 45.2 Å². The van der Waals surface area contributed by atoms with Crippen LogP contribution >= 0.6 is 0 Å². The lowest BCUT2D eigenvalue weighted by Crippen LogP contribution is -2.50. The molecule has 0 spiro atoms. The van der Waals surface area contributed by atoms with Gasteiger partial charge in [-0.05, 0) is 35.7 Å². The second kappa shape index (κ2) is 10.4. The molecular weight excluding hydrogens is 460 g/mol. The first-order chi connectivity index (χ1) is 15.7. The number of halogens is 6. The number of carbonyl (C=O) groups excluding carboxylic acids is 1. The molecule has 0 N–H and O–H groups in total. The van der Waals surface area contributed by atoms with Crippen molar-refractivity contribution >= 4 is 11.6 Å². The quantitative estimate of drug-likeness (QED) is 0.445.